The van der Waals surface area contributed by atoms with E-state index in [-0.39, 0.29) is 29.9 Å². The topological polar surface area (TPSA) is 37.3 Å². The quantitative estimate of drug-likeness (QED) is 0.619. The monoisotopic (exact) mass is 281 g/mol. The van der Waals surface area contributed by atoms with E-state index in [1.807, 2.05) is 20.8 Å². The molecule has 105 valence electrons. The maximum atomic E-state index is 9.82. The van der Waals surface area contributed by atoms with Crippen LogP contribution >= 0.6 is 0 Å². The molecule has 16 heavy (non-hydrogen) atoms. The van der Waals surface area contributed by atoms with Gasteiger partial charge >= 0.3 is 0 Å². The molecule has 0 aliphatic heterocycles. The Labute approximate surface area is 113 Å². The molecule has 1 N–H and O–H groups in total. The Morgan fingerprint density at radius 3 is 1.38 bits per heavy atom. The molecule has 0 fully saturated rings. The normalized spacial score (nSPS) is 10.2. The Hall–Kier alpha value is 0.149. The molecule has 2 nitrogen and oxygen atoms in total. The van der Waals surface area contributed by atoms with Crippen molar-refractivity contribution in [2.75, 3.05) is 6.61 Å². The summed E-state index contributed by atoms with van der Waals surface area (Å²) in [6, 6.07) is 0. The minimum atomic E-state index is 0. The Kier molecular flexibility index (Phi) is 18.3. The maximum absolute atomic E-state index is 9.82. The van der Waals surface area contributed by atoms with Crippen molar-refractivity contribution in [3.8, 4) is 0 Å². The Balaban J connectivity index is -0.0000000800. The number of rotatable bonds is 2. The van der Waals surface area contributed by atoms with Gasteiger partial charge in [0.15, 0.2) is 0 Å². The van der Waals surface area contributed by atoms with Crippen LogP contribution in [0.2, 0.25) is 0 Å². The molecule has 0 rings (SSSR count). The van der Waals surface area contributed by atoms with Crippen LogP contribution in [0.4, 0.5) is 0 Å². The molecular formula is C13H30CuO2. The van der Waals surface area contributed by atoms with Gasteiger partial charge in [0, 0.05) is 30.1 Å². The smallest absolute Gasteiger partial charge is 0.120 e. The van der Waals surface area contributed by atoms with E-state index in [9.17, 15) is 4.79 Å². The van der Waals surface area contributed by atoms with E-state index in [1.54, 1.807) is 0 Å². The Morgan fingerprint density at radius 2 is 1.38 bits per heavy atom. The van der Waals surface area contributed by atoms with Crippen LogP contribution in [0.1, 0.15) is 61.8 Å². The van der Waals surface area contributed by atoms with Gasteiger partial charge < -0.3 is 9.90 Å². The zero-order chi connectivity index (χ0) is 11.8. The van der Waals surface area contributed by atoms with Crippen LogP contribution < -0.4 is 0 Å². The minimum absolute atomic E-state index is 0. The molecule has 0 aliphatic carbocycles. The van der Waals surface area contributed by atoms with E-state index in [0.717, 1.165) is 12.7 Å². The number of carbonyl (C=O) groups excluding carboxylic acids is 1. The van der Waals surface area contributed by atoms with E-state index in [4.69, 9.17) is 5.11 Å². The van der Waals surface area contributed by atoms with E-state index in [2.05, 4.69) is 20.8 Å². The summed E-state index contributed by atoms with van der Waals surface area (Å²) in [5, 5.41) is 8.40. The van der Waals surface area contributed by atoms with Crippen molar-refractivity contribution in [3.05, 3.63) is 0 Å². The third-order valence-electron chi connectivity index (χ3n) is 1.56. The summed E-state index contributed by atoms with van der Waals surface area (Å²) in [5.41, 5.74) is 0.483. The van der Waals surface area contributed by atoms with Crippen LogP contribution in [0.15, 0.2) is 0 Å². The summed E-state index contributed by atoms with van der Waals surface area (Å²) in [5.74, 6) is 0. The molecular weight excluding hydrogens is 252 g/mol. The Bertz CT molecular complexity index is 143. The summed E-state index contributed by atoms with van der Waals surface area (Å²) in [4.78, 5) is 9.82. The molecule has 0 amide bonds. The third-order valence-corrected chi connectivity index (χ3v) is 1.56. The van der Waals surface area contributed by atoms with E-state index < -0.39 is 0 Å². The van der Waals surface area contributed by atoms with Crippen LogP contribution in [0.3, 0.4) is 0 Å². The van der Waals surface area contributed by atoms with Gasteiger partial charge in [-0.2, -0.15) is 0 Å². The fourth-order valence-corrected chi connectivity index (χ4v) is 0.585. The van der Waals surface area contributed by atoms with Crippen LogP contribution in [0.25, 0.3) is 0 Å². The van der Waals surface area contributed by atoms with Gasteiger partial charge in [0.25, 0.3) is 0 Å². The van der Waals surface area contributed by atoms with Crippen LogP contribution in [0.5, 0.6) is 0 Å². The van der Waals surface area contributed by atoms with Gasteiger partial charge in [-0.3, -0.25) is 0 Å². The van der Waals surface area contributed by atoms with Gasteiger partial charge in [-0.1, -0.05) is 49.0 Å². The number of aldehydes is 1. The second-order valence-corrected chi connectivity index (χ2v) is 5.97. The number of hydrogen-bond acceptors (Lipinski definition) is 2. The molecule has 0 heterocycles. The zero-order valence-electron chi connectivity index (χ0n) is 10.9. The van der Waals surface area contributed by atoms with Crippen LogP contribution in [0, 0.1) is 10.8 Å². The maximum Gasteiger partial charge on any atom is 0.120 e. The van der Waals surface area contributed by atoms with Crippen molar-refractivity contribution < 1.29 is 27.0 Å². The standard InChI is InChI=1S/C6H14O.C6H12O.CH4.Cu/c2*1-6(2,3)4-5-7;;/h7H,4-5H2,1-3H3;5H,4H2,1-3H3;1H4;. The molecule has 0 aromatic carbocycles. The molecule has 3 heteroatoms. The first-order valence-electron chi connectivity index (χ1n) is 5.17. The summed E-state index contributed by atoms with van der Waals surface area (Å²) >= 11 is 0. The van der Waals surface area contributed by atoms with E-state index >= 15 is 0 Å². The predicted molar refractivity (Wildman–Crippen MR) is 68.0 cm³/mol. The van der Waals surface area contributed by atoms with Crippen LogP contribution in [-0.4, -0.2) is 18.0 Å². The molecule has 0 bridgehead atoms. The minimum Gasteiger partial charge on any atom is -0.396 e. The average molecular weight is 282 g/mol. The van der Waals surface area contributed by atoms with Crippen molar-refractivity contribution >= 4 is 6.29 Å². The molecule has 0 aromatic rings. The van der Waals surface area contributed by atoms with E-state index in [0.29, 0.717) is 18.4 Å². The van der Waals surface area contributed by atoms with Gasteiger partial charge in [0.05, 0.1) is 0 Å². The van der Waals surface area contributed by atoms with Crippen molar-refractivity contribution in [2.24, 2.45) is 10.8 Å². The van der Waals surface area contributed by atoms with Crippen LogP contribution in [-0.2, 0) is 21.9 Å². The Morgan fingerprint density at radius 1 is 1.00 bits per heavy atom. The van der Waals surface area contributed by atoms with Gasteiger partial charge in [0.2, 0.25) is 0 Å². The van der Waals surface area contributed by atoms with Gasteiger partial charge in [-0.05, 0) is 17.3 Å². The average Bonchev–Trinajstić information content (AvgIpc) is 1.81. The molecule has 0 saturated heterocycles. The van der Waals surface area contributed by atoms with Crippen molar-refractivity contribution in [2.45, 2.75) is 61.8 Å². The largest absolute Gasteiger partial charge is 0.396 e. The number of carbonyl (C=O) groups is 1. The summed E-state index contributed by atoms with van der Waals surface area (Å²) in [6.07, 6.45) is 2.51. The molecule has 0 aliphatic rings. The number of aliphatic hydroxyl groups is 1. The van der Waals surface area contributed by atoms with Crippen molar-refractivity contribution in [1.29, 1.82) is 0 Å². The fraction of sp³-hybridized carbons (Fsp3) is 0.923. The summed E-state index contributed by atoms with van der Waals surface area (Å²) in [6.45, 7) is 12.8. The number of hydrogen-bond donors (Lipinski definition) is 1. The first kappa shape index (κ1) is 25.1. The zero-order valence-corrected chi connectivity index (χ0v) is 11.8. The molecule has 0 saturated carbocycles. The number of aliphatic hydroxyl groups excluding tert-OH is 1. The second kappa shape index (κ2) is 11.6. The predicted octanol–water partition coefficient (Wildman–Crippen LogP) is 3.67. The molecule has 1 radical (unpaired) electrons. The molecule has 0 spiro atoms. The SMILES string of the molecule is C.CC(C)(C)CC=O.CC(C)(C)CCO.[Cu]. The summed E-state index contributed by atoms with van der Waals surface area (Å²) in [7, 11) is 0. The first-order valence-corrected chi connectivity index (χ1v) is 5.17. The molecule has 0 aromatic heterocycles. The first-order chi connectivity index (χ1) is 6.12. The molecule has 0 unspecified atom stereocenters. The van der Waals surface area contributed by atoms with Gasteiger partial charge in [-0.25, -0.2) is 0 Å². The van der Waals surface area contributed by atoms with Crippen molar-refractivity contribution in [1.82, 2.24) is 0 Å². The van der Waals surface area contributed by atoms with Gasteiger partial charge in [-0.15, -0.1) is 0 Å². The second-order valence-electron chi connectivity index (χ2n) is 5.97. The summed E-state index contributed by atoms with van der Waals surface area (Å²) < 4.78 is 0. The third kappa shape index (κ3) is 36.8. The molecule has 0 atom stereocenters. The van der Waals surface area contributed by atoms with Crippen molar-refractivity contribution in [3.63, 3.8) is 0 Å². The fourth-order valence-electron chi connectivity index (χ4n) is 0.585. The van der Waals surface area contributed by atoms with E-state index in [1.165, 1.54) is 0 Å². The van der Waals surface area contributed by atoms with Gasteiger partial charge in [0.1, 0.15) is 6.29 Å².